The summed E-state index contributed by atoms with van der Waals surface area (Å²) in [5.74, 6) is 0.0715. The average molecular weight is 351 g/mol. The van der Waals surface area contributed by atoms with Crippen molar-refractivity contribution in [3.63, 3.8) is 0 Å². The second-order valence-corrected chi connectivity index (χ2v) is 6.59. The summed E-state index contributed by atoms with van der Waals surface area (Å²) in [6, 6.07) is 7.24. The van der Waals surface area contributed by atoms with Gasteiger partial charge >= 0.3 is 0 Å². The van der Waals surface area contributed by atoms with Gasteiger partial charge in [-0.3, -0.25) is 14.2 Å². The first-order chi connectivity index (χ1) is 11.0. The number of hydrogen-bond donors (Lipinski definition) is 1. The van der Waals surface area contributed by atoms with Gasteiger partial charge in [0.2, 0.25) is 5.91 Å². The van der Waals surface area contributed by atoms with Gasteiger partial charge in [0.25, 0.3) is 5.56 Å². The number of benzene rings is 1. The third kappa shape index (κ3) is 3.60. The second-order valence-electron chi connectivity index (χ2n) is 6.59. The highest BCUT2D eigenvalue weighted by Gasteiger charge is 2.34. The molecule has 1 unspecified atom stereocenters. The summed E-state index contributed by atoms with van der Waals surface area (Å²) in [7, 11) is 0. The lowest BCUT2D eigenvalue weighted by atomic mass is 9.90. The first-order valence-corrected chi connectivity index (χ1v) is 7.94. The number of aromatic nitrogens is 2. The standard InChI is InChI=1S/C17H22N4O2.ClH/c1-17(10-18)7-9-20(11-17)15(22)6-8-21-12-19-14-5-3-2-4-13(14)16(21)23;/h2-5,12H,6-11,18H2,1H3;1H. The van der Waals surface area contributed by atoms with Crippen molar-refractivity contribution < 1.29 is 4.79 Å². The van der Waals surface area contributed by atoms with E-state index >= 15 is 0 Å². The number of amides is 1. The summed E-state index contributed by atoms with van der Waals surface area (Å²) in [6.45, 7) is 4.50. The van der Waals surface area contributed by atoms with E-state index in [0.29, 0.717) is 37.0 Å². The first-order valence-electron chi connectivity index (χ1n) is 7.94. The molecule has 1 amide bonds. The van der Waals surface area contributed by atoms with Crippen LogP contribution in [0.25, 0.3) is 10.9 Å². The Morgan fingerprint density at radius 3 is 2.83 bits per heavy atom. The summed E-state index contributed by atoms with van der Waals surface area (Å²) in [6.07, 6.45) is 2.76. The van der Waals surface area contributed by atoms with Gasteiger partial charge in [0.15, 0.2) is 0 Å². The van der Waals surface area contributed by atoms with Gasteiger partial charge in [-0.25, -0.2) is 4.98 Å². The molecule has 1 fully saturated rings. The maximum atomic E-state index is 12.4. The van der Waals surface area contributed by atoms with Crippen LogP contribution in [0.3, 0.4) is 0 Å². The van der Waals surface area contributed by atoms with E-state index in [1.54, 1.807) is 6.07 Å². The lowest BCUT2D eigenvalue weighted by Crippen LogP contribution is -2.35. The third-order valence-corrected chi connectivity index (χ3v) is 4.70. The van der Waals surface area contributed by atoms with Gasteiger partial charge in [-0.05, 0) is 30.5 Å². The topological polar surface area (TPSA) is 81.2 Å². The number of carbonyl (C=O) groups excluding carboxylic acids is 1. The molecule has 1 aromatic heterocycles. The van der Waals surface area contributed by atoms with Crippen LogP contribution in [-0.4, -0.2) is 40.0 Å². The zero-order valence-electron chi connectivity index (χ0n) is 13.8. The number of nitrogens with zero attached hydrogens (tertiary/aromatic N) is 3. The van der Waals surface area contributed by atoms with Gasteiger partial charge in [-0.1, -0.05) is 19.1 Å². The monoisotopic (exact) mass is 350 g/mol. The van der Waals surface area contributed by atoms with Crippen molar-refractivity contribution in [3.05, 3.63) is 40.9 Å². The molecule has 1 aliphatic rings. The second kappa shape index (κ2) is 7.32. The van der Waals surface area contributed by atoms with Crippen LogP contribution < -0.4 is 11.3 Å². The summed E-state index contributed by atoms with van der Waals surface area (Å²) in [5.41, 5.74) is 6.38. The van der Waals surface area contributed by atoms with Crippen LogP contribution in [0.2, 0.25) is 0 Å². The highest BCUT2D eigenvalue weighted by Crippen LogP contribution is 2.28. The molecule has 24 heavy (non-hydrogen) atoms. The molecular formula is C17H23ClN4O2. The van der Waals surface area contributed by atoms with Gasteiger partial charge in [0, 0.05) is 26.1 Å². The van der Waals surface area contributed by atoms with Crippen molar-refractivity contribution >= 4 is 29.2 Å². The predicted molar refractivity (Wildman–Crippen MR) is 96.2 cm³/mol. The highest BCUT2D eigenvalue weighted by atomic mass is 35.5. The molecule has 1 aliphatic heterocycles. The first kappa shape index (κ1) is 18.4. The molecule has 0 aliphatic carbocycles. The minimum absolute atomic E-state index is 0. The Morgan fingerprint density at radius 1 is 1.38 bits per heavy atom. The maximum absolute atomic E-state index is 12.4. The summed E-state index contributed by atoms with van der Waals surface area (Å²) in [5, 5.41) is 0.583. The number of para-hydroxylation sites is 1. The number of rotatable bonds is 4. The zero-order valence-corrected chi connectivity index (χ0v) is 14.6. The molecule has 1 saturated heterocycles. The molecule has 2 aromatic rings. The molecular weight excluding hydrogens is 328 g/mol. The summed E-state index contributed by atoms with van der Waals surface area (Å²) >= 11 is 0. The molecule has 6 nitrogen and oxygen atoms in total. The maximum Gasteiger partial charge on any atom is 0.261 e. The molecule has 1 atom stereocenters. The third-order valence-electron chi connectivity index (χ3n) is 4.70. The van der Waals surface area contributed by atoms with Crippen LogP contribution in [-0.2, 0) is 11.3 Å². The van der Waals surface area contributed by atoms with Crippen LogP contribution in [0.4, 0.5) is 0 Å². The van der Waals surface area contributed by atoms with Crippen LogP contribution in [0.15, 0.2) is 35.4 Å². The average Bonchev–Trinajstić information content (AvgIpc) is 2.97. The number of aryl methyl sites for hydroxylation is 1. The van der Waals surface area contributed by atoms with E-state index in [9.17, 15) is 9.59 Å². The van der Waals surface area contributed by atoms with Crippen molar-refractivity contribution in [1.82, 2.24) is 14.5 Å². The minimum atomic E-state index is -0.100. The number of halogens is 1. The Balaban J connectivity index is 0.00000208. The number of hydrogen-bond acceptors (Lipinski definition) is 4. The number of carbonyl (C=O) groups is 1. The van der Waals surface area contributed by atoms with Crippen molar-refractivity contribution in [2.45, 2.75) is 26.3 Å². The Bertz CT molecular complexity index is 791. The van der Waals surface area contributed by atoms with Crippen molar-refractivity contribution in [1.29, 1.82) is 0 Å². The van der Waals surface area contributed by atoms with Crippen LogP contribution in [0.1, 0.15) is 19.8 Å². The van der Waals surface area contributed by atoms with Gasteiger partial charge in [-0.2, -0.15) is 0 Å². The van der Waals surface area contributed by atoms with Gasteiger partial charge in [-0.15, -0.1) is 12.4 Å². The SMILES string of the molecule is CC1(CN)CCN(C(=O)CCn2cnc3ccccc3c2=O)C1.Cl. The van der Waals surface area contributed by atoms with Crippen LogP contribution in [0.5, 0.6) is 0 Å². The van der Waals surface area contributed by atoms with Crippen molar-refractivity contribution in [3.8, 4) is 0 Å². The minimum Gasteiger partial charge on any atom is -0.342 e. The van der Waals surface area contributed by atoms with E-state index < -0.39 is 0 Å². The molecule has 3 rings (SSSR count). The normalized spacial score (nSPS) is 20.2. The molecule has 1 aromatic carbocycles. The molecule has 130 valence electrons. The Labute approximate surface area is 147 Å². The molecule has 2 N–H and O–H groups in total. The largest absolute Gasteiger partial charge is 0.342 e. The van der Waals surface area contributed by atoms with Gasteiger partial charge in [0.05, 0.1) is 17.2 Å². The molecule has 2 heterocycles. The van der Waals surface area contributed by atoms with Crippen LogP contribution in [0, 0.1) is 5.41 Å². The molecule has 0 saturated carbocycles. The number of likely N-dealkylation sites (tertiary alicyclic amines) is 1. The predicted octanol–water partition coefficient (Wildman–Crippen LogP) is 1.41. The quantitative estimate of drug-likeness (QED) is 0.903. The van der Waals surface area contributed by atoms with E-state index in [1.807, 2.05) is 23.1 Å². The van der Waals surface area contributed by atoms with Crippen molar-refractivity contribution in [2.75, 3.05) is 19.6 Å². The van der Waals surface area contributed by atoms with Gasteiger partial charge < -0.3 is 10.6 Å². The van der Waals surface area contributed by atoms with E-state index in [-0.39, 0.29) is 29.3 Å². The summed E-state index contributed by atoms with van der Waals surface area (Å²) < 4.78 is 1.51. The fourth-order valence-electron chi connectivity index (χ4n) is 3.04. The fourth-order valence-corrected chi connectivity index (χ4v) is 3.04. The lowest BCUT2D eigenvalue weighted by molar-refractivity contribution is -0.130. The van der Waals surface area contributed by atoms with E-state index in [0.717, 1.165) is 13.0 Å². The molecule has 0 bridgehead atoms. The van der Waals surface area contributed by atoms with E-state index in [1.165, 1.54) is 10.9 Å². The number of nitrogens with two attached hydrogens (primary N) is 1. The molecule has 7 heteroatoms. The zero-order chi connectivity index (χ0) is 16.4. The van der Waals surface area contributed by atoms with E-state index in [4.69, 9.17) is 5.73 Å². The highest BCUT2D eigenvalue weighted by molar-refractivity contribution is 5.85. The van der Waals surface area contributed by atoms with Crippen molar-refractivity contribution in [2.24, 2.45) is 11.1 Å². The summed E-state index contributed by atoms with van der Waals surface area (Å²) in [4.78, 5) is 30.9. The number of fused-ring (bicyclic) bond motifs is 1. The molecule has 0 radical (unpaired) electrons. The van der Waals surface area contributed by atoms with E-state index in [2.05, 4.69) is 11.9 Å². The fraction of sp³-hybridized carbons (Fsp3) is 0.471. The van der Waals surface area contributed by atoms with Crippen LogP contribution >= 0.6 is 12.4 Å². The Hall–Kier alpha value is -1.92. The van der Waals surface area contributed by atoms with Gasteiger partial charge in [0.1, 0.15) is 0 Å². The lowest BCUT2D eigenvalue weighted by Gasteiger charge is -2.22. The Kier molecular flexibility index (Phi) is 5.62. The Morgan fingerprint density at radius 2 is 2.12 bits per heavy atom. The molecule has 0 spiro atoms. The smallest absolute Gasteiger partial charge is 0.261 e.